The monoisotopic (exact) mass is 378 g/mol. The van der Waals surface area contributed by atoms with Crippen molar-refractivity contribution in [3.8, 4) is 0 Å². The lowest BCUT2D eigenvalue weighted by atomic mass is 10.0. The molecule has 0 aliphatic carbocycles. The Hall–Kier alpha value is -2.11. The number of esters is 2. The van der Waals surface area contributed by atoms with Crippen LogP contribution in [0.15, 0.2) is 25.7 Å². The summed E-state index contributed by atoms with van der Waals surface area (Å²) in [5.41, 5.74) is 0. The van der Waals surface area contributed by atoms with Crippen molar-refractivity contribution < 1.29 is 49.4 Å². The lowest BCUT2D eigenvalue weighted by Crippen LogP contribution is -2.46. The summed E-state index contributed by atoms with van der Waals surface area (Å²) in [6, 6.07) is 0. The van der Waals surface area contributed by atoms with Crippen LogP contribution >= 0.6 is 0 Å². The third-order valence-electron chi connectivity index (χ3n) is 2.86. The molecule has 0 saturated heterocycles. The Kier molecular flexibility index (Phi) is 16.4. The first-order valence-corrected chi connectivity index (χ1v) is 7.64. The van der Waals surface area contributed by atoms with Gasteiger partial charge in [-0.1, -0.05) is 13.2 Å². The maximum atomic E-state index is 10.8. The number of unbranched alkanes of at least 4 members (excludes halogenated alkanes) is 1. The molecule has 0 saturated carbocycles. The second-order valence-corrected chi connectivity index (χ2v) is 4.88. The predicted octanol–water partition coefficient (Wildman–Crippen LogP) is -1.46. The number of aliphatic hydroxyl groups is 5. The van der Waals surface area contributed by atoms with E-state index in [1.807, 2.05) is 0 Å². The van der Waals surface area contributed by atoms with Crippen molar-refractivity contribution in [3.63, 3.8) is 0 Å². The second-order valence-electron chi connectivity index (χ2n) is 4.88. The minimum absolute atomic E-state index is 0.0258. The maximum absolute atomic E-state index is 10.8. The fraction of sp³-hybridized carbons (Fsp3) is 0.562. The van der Waals surface area contributed by atoms with Crippen LogP contribution in [0.1, 0.15) is 25.7 Å². The van der Waals surface area contributed by atoms with E-state index in [9.17, 15) is 14.4 Å². The molecule has 0 radical (unpaired) electrons. The average molecular weight is 378 g/mol. The summed E-state index contributed by atoms with van der Waals surface area (Å²) >= 11 is 0. The highest BCUT2D eigenvalue weighted by Gasteiger charge is 2.29. The van der Waals surface area contributed by atoms with Gasteiger partial charge in [0.15, 0.2) is 6.29 Å². The van der Waals surface area contributed by atoms with Gasteiger partial charge in [-0.25, -0.2) is 0 Å². The second kappa shape index (κ2) is 16.4. The van der Waals surface area contributed by atoms with Gasteiger partial charge in [0.1, 0.15) is 24.4 Å². The van der Waals surface area contributed by atoms with Gasteiger partial charge in [0.25, 0.3) is 0 Å². The Labute approximate surface area is 151 Å². The number of aldehydes is 1. The van der Waals surface area contributed by atoms with Crippen molar-refractivity contribution in [2.75, 3.05) is 6.61 Å². The molecule has 150 valence electrons. The number of carbonyl (C=O) groups is 3. The largest absolute Gasteiger partial charge is 0.435 e. The Balaban J connectivity index is 0. The van der Waals surface area contributed by atoms with E-state index in [2.05, 4.69) is 22.6 Å². The van der Waals surface area contributed by atoms with Gasteiger partial charge in [0, 0.05) is 12.8 Å². The molecule has 0 aromatic rings. The zero-order valence-corrected chi connectivity index (χ0v) is 14.3. The van der Waals surface area contributed by atoms with Crippen LogP contribution in [0.3, 0.4) is 0 Å². The molecule has 26 heavy (non-hydrogen) atoms. The fourth-order valence-electron chi connectivity index (χ4n) is 1.46. The summed E-state index contributed by atoms with van der Waals surface area (Å²) in [4.78, 5) is 31.5. The zero-order chi connectivity index (χ0) is 20.5. The Morgan fingerprint density at radius 2 is 1.31 bits per heavy atom. The van der Waals surface area contributed by atoms with Crippen molar-refractivity contribution in [2.24, 2.45) is 0 Å². The van der Waals surface area contributed by atoms with Crippen LogP contribution in [0.4, 0.5) is 0 Å². The molecular weight excluding hydrogens is 352 g/mol. The SMILES string of the molecule is C=COC(=O)CCCCC(=O)OC=C.O=C[C@H](O)[C@@H](O)[C@H](O)[C@H](O)CO. The number of aliphatic hydroxyl groups excluding tert-OH is 5. The summed E-state index contributed by atoms with van der Waals surface area (Å²) < 4.78 is 8.98. The zero-order valence-electron chi connectivity index (χ0n) is 14.3. The smallest absolute Gasteiger partial charge is 0.310 e. The minimum Gasteiger partial charge on any atom is -0.435 e. The number of hydrogen-bond donors (Lipinski definition) is 5. The van der Waals surface area contributed by atoms with Gasteiger partial charge < -0.3 is 39.8 Å². The van der Waals surface area contributed by atoms with Crippen molar-refractivity contribution in [3.05, 3.63) is 25.7 Å². The highest BCUT2D eigenvalue weighted by atomic mass is 16.5. The first kappa shape index (κ1) is 26.1. The molecule has 0 fully saturated rings. The normalized spacial score (nSPS) is 14.5. The molecule has 0 aliphatic rings. The van der Waals surface area contributed by atoms with Gasteiger partial charge in [0.2, 0.25) is 0 Å². The molecule has 0 rings (SSSR count). The molecule has 10 heteroatoms. The molecule has 0 aromatic heterocycles. The van der Waals surface area contributed by atoms with Gasteiger partial charge in [-0.15, -0.1) is 0 Å². The Morgan fingerprint density at radius 3 is 1.62 bits per heavy atom. The van der Waals surface area contributed by atoms with E-state index in [4.69, 9.17) is 25.5 Å². The highest BCUT2D eigenvalue weighted by molar-refractivity contribution is 5.71. The molecule has 5 N–H and O–H groups in total. The predicted molar refractivity (Wildman–Crippen MR) is 88.2 cm³/mol. The summed E-state index contributed by atoms with van der Waals surface area (Å²) in [6.45, 7) is 5.75. The Bertz CT molecular complexity index is 413. The van der Waals surface area contributed by atoms with Gasteiger partial charge in [-0.3, -0.25) is 9.59 Å². The molecule has 0 spiro atoms. The lowest BCUT2D eigenvalue weighted by molar-refractivity contribution is -0.140. The first-order valence-electron chi connectivity index (χ1n) is 7.64. The molecule has 0 aromatic carbocycles. The highest BCUT2D eigenvalue weighted by Crippen LogP contribution is 2.03. The third kappa shape index (κ3) is 13.2. The van der Waals surface area contributed by atoms with Crippen LogP contribution in [-0.2, 0) is 23.9 Å². The number of carbonyl (C=O) groups excluding carboxylic acids is 3. The van der Waals surface area contributed by atoms with Crippen LogP contribution in [0.2, 0.25) is 0 Å². The van der Waals surface area contributed by atoms with E-state index >= 15 is 0 Å². The van der Waals surface area contributed by atoms with Gasteiger partial charge in [-0.2, -0.15) is 0 Å². The fourth-order valence-corrected chi connectivity index (χ4v) is 1.46. The van der Waals surface area contributed by atoms with Crippen LogP contribution in [0, 0.1) is 0 Å². The first-order chi connectivity index (χ1) is 12.2. The molecule has 0 unspecified atom stereocenters. The quantitative estimate of drug-likeness (QED) is 0.117. The van der Waals surface area contributed by atoms with E-state index in [1.165, 1.54) is 0 Å². The van der Waals surface area contributed by atoms with Gasteiger partial charge >= 0.3 is 11.9 Å². The summed E-state index contributed by atoms with van der Waals surface area (Å²) in [5, 5.41) is 43.5. The van der Waals surface area contributed by atoms with E-state index < -0.39 is 31.0 Å². The topological polar surface area (TPSA) is 171 Å². The van der Waals surface area contributed by atoms with E-state index in [0.717, 1.165) is 12.5 Å². The molecule has 4 atom stereocenters. The van der Waals surface area contributed by atoms with Crippen molar-refractivity contribution in [1.82, 2.24) is 0 Å². The molecule has 10 nitrogen and oxygen atoms in total. The van der Waals surface area contributed by atoms with E-state index in [-0.39, 0.29) is 31.1 Å². The molecule has 0 heterocycles. The molecule has 0 aliphatic heterocycles. The average Bonchev–Trinajstić information content (AvgIpc) is 2.63. The van der Waals surface area contributed by atoms with Crippen molar-refractivity contribution in [1.29, 1.82) is 0 Å². The molecular formula is C16H26O10. The number of hydrogen-bond acceptors (Lipinski definition) is 10. The summed E-state index contributed by atoms with van der Waals surface area (Å²) in [6.07, 6.45) is -2.89. The molecule has 0 bridgehead atoms. The van der Waals surface area contributed by atoms with E-state index in [1.54, 1.807) is 0 Å². The van der Waals surface area contributed by atoms with Crippen LogP contribution in [0.5, 0.6) is 0 Å². The number of rotatable bonds is 12. The Morgan fingerprint density at radius 1 is 0.885 bits per heavy atom. The lowest BCUT2D eigenvalue weighted by Gasteiger charge is -2.22. The van der Waals surface area contributed by atoms with Crippen LogP contribution in [0.25, 0.3) is 0 Å². The van der Waals surface area contributed by atoms with E-state index in [0.29, 0.717) is 12.8 Å². The van der Waals surface area contributed by atoms with Crippen molar-refractivity contribution in [2.45, 2.75) is 50.1 Å². The maximum Gasteiger partial charge on any atom is 0.310 e. The van der Waals surface area contributed by atoms with Gasteiger partial charge in [0.05, 0.1) is 19.1 Å². The standard InChI is InChI=1S/C10H14O4.C6H12O6/c1-3-13-9(11)7-5-6-8-10(12)14-4-2;7-1-3(9)5(11)6(12)4(10)2-8/h3-4H,1-2,5-8H2;1,3-6,8-12H,2H2/t;3-,4+,5+,6+/m.0/s1. The molecule has 0 amide bonds. The summed E-state index contributed by atoms with van der Waals surface area (Å²) in [5.74, 6) is -0.672. The van der Waals surface area contributed by atoms with Crippen molar-refractivity contribution >= 4 is 18.2 Å². The van der Waals surface area contributed by atoms with Crippen LogP contribution < -0.4 is 0 Å². The number of ether oxygens (including phenoxy) is 2. The van der Waals surface area contributed by atoms with Gasteiger partial charge in [-0.05, 0) is 12.8 Å². The van der Waals surface area contributed by atoms with Crippen LogP contribution in [-0.4, -0.2) is 74.8 Å². The summed E-state index contributed by atoms with van der Waals surface area (Å²) in [7, 11) is 0. The minimum atomic E-state index is -1.79. The third-order valence-corrected chi connectivity index (χ3v) is 2.86.